The fraction of sp³-hybridized carbons (Fsp3) is 0.500. The van der Waals surface area contributed by atoms with Crippen molar-refractivity contribution in [1.29, 1.82) is 0 Å². The molecule has 2 aromatic heterocycles. The van der Waals surface area contributed by atoms with Crippen molar-refractivity contribution < 1.29 is 4.74 Å². The SMILES string of the molecule is COc1ccn2nc(CC3CCCS3)nc2c1. The number of pyridine rings is 1. The Morgan fingerprint density at radius 2 is 2.53 bits per heavy atom. The lowest BCUT2D eigenvalue weighted by Gasteiger charge is -2.02. The van der Waals surface area contributed by atoms with E-state index in [9.17, 15) is 0 Å². The summed E-state index contributed by atoms with van der Waals surface area (Å²) in [7, 11) is 1.66. The van der Waals surface area contributed by atoms with E-state index in [1.165, 1.54) is 18.6 Å². The number of rotatable bonds is 3. The largest absolute Gasteiger partial charge is 0.497 e. The molecule has 2 aromatic rings. The van der Waals surface area contributed by atoms with Crippen LogP contribution in [0.5, 0.6) is 5.75 Å². The Bertz CT molecular complexity index is 519. The monoisotopic (exact) mass is 249 g/mol. The Labute approximate surface area is 104 Å². The Morgan fingerprint density at radius 3 is 3.29 bits per heavy atom. The average molecular weight is 249 g/mol. The van der Waals surface area contributed by atoms with Gasteiger partial charge in [-0.1, -0.05) is 0 Å². The molecule has 0 bridgehead atoms. The third kappa shape index (κ3) is 2.24. The van der Waals surface area contributed by atoms with Crippen LogP contribution in [-0.2, 0) is 6.42 Å². The van der Waals surface area contributed by atoms with Gasteiger partial charge >= 0.3 is 0 Å². The summed E-state index contributed by atoms with van der Waals surface area (Å²) in [5, 5.41) is 5.19. The minimum absolute atomic E-state index is 0.703. The molecule has 0 N–H and O–H groups in total. The molecule has 0 aliphatic carbocycles. The molecule has 1 fully saturated rings. The van der Waals surface area contributed by atoms with Crippen LogP contribution >= 0.6 is 11.8 Å². The van der Waals surface area contributed by atoms with Crippen molar-refractivity contribution in [1.82, 2.24) is 14.6 Å². The second kappa shape index (κ2) is 4.56. The van der Waals surface area contributed by atoms with Gasteiger partial charge in [0.15, 0.2) is 11.5 Å². The zero-order valence-corrected chi connectivity index (χ0v) is 10.6. The van der Waals surface area contributed by atoms with Crippen LogP contribution in [0.15, 0.2) is 18.3 Å². The predicted molar refractivity (Wildman–Crippen MR) is 68.7 cm³/mol. The van der Waals surface area contributed by atoms with Crippen molar-refractivity contribution in [2.24, 2.45) is 0 Å². The maximum Gasteiger partial charge on any atom is 0.159 e. The fourth-order valence-corrected chi connectivity index (χ4v) is 3.40. The second-order valence-electron chi connectivity index (χ2n) is 4.24. The average Bonchev–Trinajstić information content (AvgIpc) is 2.96. The maximum absolute atomic E-state index is 5.18. The summed E-state index contributed by atoms with van der Waals surface area (Å²) in [4.78, 5) is 4.54. The highest BCUT2D eigenvalue weighted by atomic mass is 32.2. The number of nitrogens with zero attached hydrogens (tertiary/aromatic N) is 3. The molecule has 1 unspecified atom stereocenters. The van der Waals surface area contributed by atoms with E-state index < -0.39 is 0 Å². The number of methoxy groups -OCH3 is 1. The predicted octanol–water partition coefficient (Wildman–Crippen LogP) is 2.18. The van der Waals surface area contributed by atoms with Crippen LogP contribution in [0.4, 0.5) is 0 Å². The summed E-state index contributed by atoms with van der Waals surface area (Å²) < 4.78 is 7.00. The molecule has 90 valence electrons. The van der Waals surface area contributed by atoms with Crippen LogP contribution in [0.2, 0.25) is 0 Å². The number of thioether (sulfide) groups is 1. The van der Waals surface area contributed by atoms with E-state index >= 15 is 0 Å². The number of hydrogen-bond donors (Lipinski definition) is 0. The first-order chi connectivity index (χ1) is 8.35. The third-order valence-electron chi connectivity index (χ3n) is 3.02. The fourth-order valence-electron chi connectivity index (χ4n) is 2.13. The molecule has 0 spiro atoms. The molecule has 3 rings (SSSR count). The van der Waals surface area contributed by atoms with Crippen LogP contribution in [0.1, 0.15) is 18.7 Å². The highest BCUT2D eigenvalue weighted by molar-refractivity contribution is 8.00. The van der Waals surface area contributed by atoms with E-state index in [4.69, 9.17) is 4.74 Å². The van der Waals surface area contributed by atoms with Gasteiger partial charge < -0.3 is 4.74 Å². The highest BCUT2D eigenvalue weighted by Gasteiger charge is 2.18. The van der Waals surface area contributed by atoms with E-state index in [1.807, 2.05) is 34.6 Å². The Balaban J connectivity index is 1.85. The second-order valence-corrected chi connectivity index (χ2v) is 5.64. The molecule has 0 radical (unpaired) electrons. The van der Waals surface area contributed by atoms with Gasteiger partial charge in [-0.05, 0) is 24.7 Å². The first-order valence-corrected chi connectivity index (χ1v) is 6.91. The van der Waals surface area contributed by atoms with Gasteiger partial charge in [-0.3, -0.25) is 0 Å². The van der Waals surface area contributed by atoms with E-state index in [2.05, 4.69) is 10.1 Å². The van der Waals surface area contributed by atoms with Crippen molar-refractivity contribution in [3.8, 4) is 5.75 Å². The lowest BCUT2D eigenvalue weighted by Crippen LogP contribution is -2.03. The highest BCUT2D eigenvalue weighted by Crippen LogP contribution is 2.28. The molecular formula is C12H15N3OS. The molecule has 17 heavy (non-hydrogen) atoms. The van der Waals surface area contributed by atoms with E-state index in [0.717, 1.165) is 23.6 Å². The molecule has 1 aliphatic heterocycles. The summed E-state index contributed by atoms with van der Waals surface area (Å²) in [5.41, 5.74) is 0.863. The molecule has 1 saturated heterocycles. The topological polar surface area (TPSA) is 39.4 Å². The Morgan fingerprint density at radius 1 is 1.59 bits per heavy atom. The molecule has 4 nitrogen and oxygen atoms in total. The molecule has 0 amide bonds. The molecule has 1 aliphatic rings. The number of aromatic nitrogens is 3. The summed E-state index contributed by atoms with van der Waals surface area (Å²) in [5.74, 6) is 3.05. The first-order valence-electron chi connectivity index (χ1n) is 5.86. The standard InChI is InChI=1S/C12H15N3OS/c1-16-9-4-5-15-12(7-9)13-11(14-15)8-10-3-2-6-17-10/h4-5,7,10H,2-3,6,8H2,1H3. The van der Waals surface area contributed by atoms with Crippen LogP contribution in [0.25, 0.3) is 5.65 Å². The van der Waals surface area contributed by atoms with E-state index in [-0.39, 0.29) is 0 Å². The summed E-state index contributed by atoms with van der Waals surface area (Å²) >= 11 is 2.04. The van der Waals surface area contributed by atoms with Gasteiger partial charge in [0.05, 0.1) is 7.11 Å². The van der Waals surface area contributed by atoms with Crippen molar-refractivity contribution in [2.75, 3.05) is 12.9 Å². The molecule has 0 aromatic carbocycles. The molecule has 1 atom stereocenters. The van der Waals surface area contributed by atoms with Crippen LogP contribution < -0.4 is 4.74 Å². The van der Waals surface area contributed by atoms with E-state index in [0.29, 0.717) is 5.25 Å². The van der Waals surface area contributed by atoms with Gasteiger partial charge in [-0.2, -0.15) is 16.9 Å². The van der Waals surface area contributed by atoms with Crippen molar-refractivity contribution in [3.05, 3.63) is 24.2 Å². The summed E-state index contributed by atoms with van der Waals surface area (Å²) in [6, 6.07) is 3.81. The number of fused-ring (bicyclic) bond motifs is 1. The first kappa shape index (κ1) is 10.9. The zero-order chi connectivity index (χ0) is 11.7. The van der Waals surface area contributed by atoms with Gasteiger partial charge in [0.2, 0.25) is 0 Å². The number of hydrogen-bond acceptors (Lipinski definition) is 4. The minimum atomic E-state index is 0.703. The van der Waals surface area contributed by atoms with Crippen molar-refractivity contribution in [2.45, 2.75) is 24.5 Å². The van der Waals surface area contributed by atoms with Gasteiger partial charge in [-0.15, -0.1) is 0 Å². The molecule has 3 heterocycles. The van der Waals surface area contributed by atoms with Gasteiger partial charge in [0, 0.05) is 23.9 Å². The quantitative estimate of drug-likeness (QED) is 0.836. The summed E-state index contributed by atoms with van der Waals surface area (Å²) in [6.07, 6.45) is 5.50. The normalized spacial score (nSPS) is 19.9. The zero-order valence-electron chi connectivity index (χ0n) is 9.80. The lowest BCUT2D eigenvalue weighted by molar-refractivity contribution is 0.414. The van der Waals surface area contributed by atoms with Gasteiger partial charge in [0.1, 0.15) is 5.75 Å². The molecular weight excluding hydrogens is 234 g/mol. The number of ether oxygens (including phenoxy) is 1. The van der Waals surface area contributed by atoms with Gasteiger partial charge in [-0.25, -0.2) is 9.50 Å². The summed E-state index contributed by atoms with van der Waals surface area (Å²) in [6.45, 7) is 0. The molecule has 5 heteroatoms. The molecule has 0 saturated carbocycles. The van der Waals surface area contributed by atoms with Gasteiger partial charge in [0.25, 0.3) is 0 Å². The van der Waals surface area contributed by atoms with E-state index in [1.54, 1.807) is 7.11 Å². The minimum Gasteiger partial charge on any atom is -0.497 e. The maximum atomic E-state index is 5.18. The Kier molecular flexibility index (Phi) is 2.93. The van der Waals surface area contributed by atoms with Crippen LogP contribution in [0.3, 0.4) is 0 Å². The lowest BCUT2D eigenvalue weighted by atomic mass is 10.2. The third-order valence-corrected chi connectivity index (χ3v) is 4.42. The van der Waals surface area contributed by atoms with Crippen LogP contribution in [0, 0.1) is 0 Å². The smallest absolute Gasteiger partial charge is 0.159 e. The van der Waals surface area contributed by atoms with Crippen molar-refractivity contribution in [3.63, 3.8) is 0 Å². The van der Waals surface area contributed by atoms with Crippen molar-refractivity contribution >= 4 is 17.4 Å². The Hall–Kier alpha value is -1.23. The van der Waals surface area contributed by atoms with Crippen LogP contribution in [-0.4, -0.2) is 32.7 Å².